The van der Waals surface area contributed by atoms with Crippen LogP contribution in [0.25, 0.3) is 16.7 Å². The zero-order chi connectivity index (χ0) is 26.5. The minimum absolute atomic E-state index is 0.0896. The van der Waals surface area contributed by atoms with Gasteiger partial charge in [-0.25, -0.2) is 28.7 Å². The molecule has 0 unspecified atom stereocenters. The normalized spacial score (nSPS) is 16.5. The molecule has 0 aliphatic carbocycles. The van der Waals surface area contributed by atoms with E-state index in [1.165, 1.54) is 6.33 Å². The Kier molecular flexibility index (Phi) is 6.50. The van der Waals surface area contributed by atoms with Crippen LogP contribution in [0.1, 0.15) is 39.1 Å². The summed E-state index contributed by atoms with van der Waals surface area (Å²) in [5.41, 5.74) is -0.482. The van der Waals surface area contributed by atoms with Gasteiger partial charge < -0.3 is 19.7 Å². The summed E-state index contributed by atoms with van der Waals surface area (Å²) in [7, 11) is 0. The molecule has 36 heavy (non-hydrogen) atoms. The van der Waals surface area contributed by atoms with Crippen molar-refractivity contribution < 1.29 is 18.7 Å². The fraction of sp³-hybridized carbons (Fsp3) is 0.478. The summed E-state index contributed by atoms with van der Waals surface area (Å²) < 4.78 is 21.4. The monoisotopic (exact) mass is 519 g/mol. The van der Waals surface area contributed by atoms with Gasteiger partial charge in [0.25, 0.3) is 0 Å². The average molecular weight is 520 g/mol. The van der Waals surface area contributed by atoms with Crippen molar-refractivity contribution in [3.05, 3.63) is 50.4 Å². The smallest absolute Gasteiger partial charge is 0.442 e. The molecule has 1 amide bonds. The SMILES string of the molecule is Cc1ncnc(C)c1-n1c(=O)nc(N2CCN(C(=O)OC(C)(C)C)C[C@@H]2C)c2cc(F)c(Cl)[n+]([O-])c21. The third kappa shape index (κ3) is 4.52. The lowest BCUT2D eigenvalue weighted by Crippen LogP contribution is -2.55. The number of fused-ring (bicyclic) bond motifs is 1. The van der Waals surface area contributed by atoms with Crippen LogP contribution in [0.3, 0.4) is 0 Å². The first kappa shape index (κ1) is 25.5. The number of aromatic nitrogens is 5. The predicted molar refractivity (Wildman–Crippen MR) is 131 cm³/mol. The van der Waals surface area contributed by atoms with Crippen molar-refractivity contribution in [1.82, 2.24) is 24.4 Å². The Hall–Kier alpha value is -3.54. The number of piperazine rings is 1. The highest BCUT2D eigenvalue weighted by Crippen LogP contribution is 2.29. The van der Waals surface area contributed by atoms with Gasteiger partial charge in [0.05, 0.1) is 11.4 Å². The van der Waals surface area contributed by atoms with E-state index in [4.69, 9.17) is 16.3 Å². The van der Waals surface area contributed by atoms with Gasteiger partial charge >= 0.3 is 17.4 Å². The fourth-order valence-corrected chi connectivity index (χ4v) is 4.45. The lowest BCUT2D eigenvalue weighted by atomic mass is 10.1. The summed E-state index contributed by atoms with van der Waals surface area (Å²) >= 11 is 5.96. The highest BCUT2D eigenvalue weighted by molar-refractivity contribution is 6.28. The predicted octanol–water partition coefficient (Wildman–Crippen LogP) is 2.66. The molecule has 11 nitrogen and oxygen atoms in total. The average Bonchev–Trinajstić information content (AvgIpc) is 2.77. The topological polar surface area (TPSA) is 120 Å². The number of pyridine rings is 1. The van der Waals surface area contributed by atoms with Gasteiger partial charge in [0.1, 0.15) is 17.3 Å². The highest BCUT2D eigenvalue weighted by Gasteiger charge is 2.34. The molecule has 1 atom stereocenters. The van der Waals surface area contributed by atoms with E-state index in [9.17, 15) is 19.2 Å². The first-order valence-electron chi connectivity index (χ1n) is 11.4. The maximum Gasteiger partial charge on any atom is 0.442 e. The first-order valence-corrected chi connectivity index (χ1v) is 11.8. The van der Waals surface area contributed by atoms with Crippen molar-refractivity contribution >= 4 is 34.5 Å². The number of amides is 1. The molecule has 0 N–H and O–H groups in total. The van der Waals surface area contributed by atoms with Crippen molar-refractivity contribution in [3.63, 3.8) is 0 Å². The molecule has 192 valence electrons. The van der Waals surface area contributed by atoms with Crippen molar-refractivity contribution in [3.8, 4) is 5.69 Å². The lowest BCUT2D eigenvalue weighted by Gasteiger charge is -2.40. The fourth-order valence-electron chi connectivity index (χ4n) is 4.31. The lowest BCUT2D eigenvalue weighted by molar-refractivity contribution is -0.579. The van der Waals surface area contributed by atoms with E-state index in [1.54, 1.807) is 44.4 Å². The van der Waals surface area contributed by atoms with Crippen LogP contribution in [0.4, 0.5) is 15.0 Å². The number of anilines is 1. The molecular formula is C23H27ClFN7O4. The number of halogens is 2. The van der Waals surface area contributed by atoms with E-state index in [0.29, 0.717) is 11.4 Å². The zero-order valence-electron chi connectivity index (χ0n) is 20.9. The zero-order valence-corrected chi connectivity index (χ0v) is 21.6. The van der Waals surface area contributed by atoms with Crippen molar-refractivity contribution in [2.45, 2.75) is 53.2 Å². The van der Waals surface area contributed by atoms with Crippen LogP contribution in [0.5, 0.6) is 0 Å². The number of ether oxygens (including phenoxy) is 1. The van der Waals surface area contributed by atoms with E-state index in [0.717, 1.165) is 10.6 Å². The Balaban J connectivity index is 1.86. The van der Waals surface area contributed by atoms with Gasteiger partial charge in [0.15, 0.2) is 17.3 Å². The quantitative estimate of drug-likeness (QED) is 0.288. The first-order chi connectivity index (χ1) is 16.8. The number of carbonyl (C=O) groups is 1. The molecule has 13 heteroatoms. The second kappa shape index (κ2) is 9.16. The van der Waals surface area contributed by atoms with Gasteiger partial charge in [-0.3, -0.25) is 0 Å². The van der Waals surface area contributed by atoms with E-state index in [-0.39, 0.29) is 52.9 Å². The second-order valence-corrected chi connectivity index (χ2v) is 10.1. The Bertz CT molecular complexity index is 1400. The van der Waals surface area contributed by atoms with Crippen LogP contribution >= 0.6 is 11.6 Å². The Morgan fingerprint density at radius 3 is 2.47 bits per heavy atom. The summed E-state index contributed by atoms with van der Waals surface area (Å²) in [5, 5.41) is 12.5. The minimum Gasteiger partial charge on any atom is -0.709 e. The van der Waals surface area contributed by atoms with Crippen molar-refractivity contribution in [2.24, 2.45) is 0 Å². The summed E-state index contributed by atoms with van der Waals surface area (Å²) in [5.74, 6) is -0.833. The molecule has 4 rings (SSSR count). The standard InChI is InChI=1S/C23H27ClFN7O4/c1-12-10-29(22(34)36-23(4,5)6)7-8-30(12)19-15-9-16(25)18(24)32(35)20(15)31(21(33)28-19)17-13(2)26-11-27-14(17)3/h9,11-12H,7-8,10H2,1-6H3/t12-/m0/s1. The maximum absolute atomic E-state index is 14.7. The van der Waals surface area contributed by atoms with E-state index in [1.807, 2.05) is 6.92 Å². The Morgan fingerprint density at radius 2 is 1.89 bits per heavy atom. The molecular weight excluding hydrogens is 493 g/mol. The molecule has 0 radical (unpaired) electrons. The van der Waals surface area contributed by atoms with Gasteiger partial charge in [-0.15, -0.1) is 4.57 Å². The number of hydrogen-bond donors (Lipinski definition) is 0. The summed E-state index contributed by atoms with van der Waals surface area (Å²) in [4.78, 5) is 41.8. The third-order valence-electron chi connectivity index (χ3n) is 5.89. The molecule has 1 aliphatic rings. The molecule has 3 aromatic heterocycles. The van der Waals surface area contributed by atoms with Gasteiger partial charge in [-0.2, -0.15) is 4.98 Å². The van der Waals surface area contributed by atoms with Gasteiger partial charge in [-0.05, 0) is 59.2 Å². The van der Waals surface area contributed by atoms with Crippen LogP contribution in [-0.2, 0) is 4.74 Å². The highest BCUT2D eigenvalue weighted by atomic mass is 35.5. The molecule has 1 saturated heterocycles. The minimum atomic E-state index is -0.954. The molecule has 0 saturated carbocycles. The molecule has 1 fully saturated rings. The van der Waals surface area contributed by atoms with Crippen LogP contribution in [0.2, 0.25) is 5.15 Å². The summed E-state index contributed by atoms with van der Waals surface area (Å²) in [6.07, 6.45) is 0.889. The van der Waals surface area contributed by atoms with Crippen LogP contribution in [-0.4, -0.2) is 61.8 Å². The molecule has 0 bridgehead atoms. The van der Waals surface area contributed by atoms with Crippen LogP contribution in [0.15, 0.2) is 17.2 Å². The van der Waals surface area contributed by atoms with E-state index < -0.39 is 28.4 Å². The molecule has 0 aromatic carbocycles. The number of aryl methyl sites for hydroxylation is 2. The van der Waals surface area contributed by atoms with E-state index >= 15 is 0 Å². The van der Waals surface area contributed by atoms with Crippen LogP contribution < -0.4 is 15.3 Å². The second-order valence-electron chi connectivity index (χ2n) is 9.73. The van der Waals surface area contributed by atoms with Gasteiger partial charge in [0, 0.05) is 25.7 Å². The van der Waals surface area contributed by atoms with Crippen molar-refractivity contribution in [1.29, 1.82) is 0 Å². The molecule has 0 spiro atoms. The molecule has 4 heterocycles. The number of hydrogen-bond acceptors (Lipinski definition) is 8. The number of rotatable bonds is 2. The largest absolute Gasteiger partial charge is 0.709 e. The Morgan fingerprint density at radius 1 is 1.25 bits per heavy atom. The van der Waals surface area contributed by atoms with Crippen molar-refractivity contribution in [2.75, 3.05) is 24.5 Å². The Labute approximate surface area is 211 Å². The van der Waals surface area contributed by atoms with Gasteiger partial charge in [-0.1, -0.05) is 0 Å². The van der Waals surface area contributed by atoms with E-state index in [2.05, 4.69) is 15.0 Å². The number of carbonyl (C=O) groups excluding carboxylic acids is 1. The van der Waals surface area contributed by atoms with Gasteiger partial charge in [0.2, 0.25) is 5.15 Å². The van der Waals surface area contributed by atoms with Crippen LogP contribution in [0, 0.1) is 24.9 Å². The number of nitrogens with zero attached hydrogens (tertiary/aromatic N) is 7. The summed E-state index contributed by atoms with van der Waals surface area (Å²) in [6, 6.07) is 0.769. The maximum atomic E-state index is 14.7. The summed E-state index contributed by atoms with van der Waals surface area (Å²) in [6.45, 7) is 11.4. The third-order valence-corrected chi connectivity index (χ3v) is 6.22. The molecule has 3 aromatic rings. The molecule has 1 aliphatic heterocycles.